The summed E-state index contributed by atoms with van der Waals surface area (Å²) in [6.07, 6.45) is 18.4. The van der Waals surface area contributed by atoms with E-state index in [0.29, 0.717) is 0 Å². The molecule has 0 aromatic heterocycles. The summed E-state index contributed by atoms with van der Waals surface area (Å²) in [5.41, 5.74) is 0. The van der Waals surface area contributed by atoms with Gasteiger partial charge in [-0.3, -0.25) is 4.79 Å². The minimum Gasteiger partial charge on any atom is -0.469 e. The second kappa shape index (κ2) is 14.6. The number of hydrogen-bond donors (Lipinski definition) is 0. The molecule has 0 aliphatic rings. The van der Waals surface area contributed by atoms with E-state index in [1.807, 2.05) is 6.92 Å². The lowest BCUT2D eigenvalue weighted by Gasteiger charge is -2.07. The van der Waals surface area contributed by atoms with Gasteiger partial charge < -0.3 is 4.74 Å². The van der Waals surface area contributed by atoms with Crippen LogP contribution in [-0.4, -0.2) is 13.1 Å². The van der Waals surface area contributed by atoms with Gasteiger partial charge in [-0.05, 0) is 32.1 Å². The number of methoxy groups -OCH3 is 1. The van der Waals surface area contributed by atoms with Gasteiger partial charge in [-0.15, -0.1) is 0 Å². The standard InChI is InChI=1S/C18H34O2/c1-4-5-6-7-8-9-10-11-12-13-14-15-16-17(2)18(19)20-3/h10-11,17H,4-9,12-16H2,1-3H3/b11-10-. The van der Waals surface area contributed by atoms with Gasteiger partial charge in [0, 0.05) is 0 Å². The smallest absolute Gasteiger partial charge is 0.308 e. The Morgan fingerprint density at radius 3 is 2.05 bits per heavy atom. The van der Waals surface area contributed by atoms with Crippen LogP contribution in [-0.2, 0) is 9.53 Å². The van der Waals surface area contributed by atoms with Gasteiger partial charge in [0.15, 0.2) is 0 Å². The van der Waals surface area contributed by atoms with Crippen LogP contribution in [0.1, 0.15) is 84.5 Å². The number of allylic oxidation sites excluding steroid dienone is 2. The van der Waals surface area contributed by atoms with Crippen molar-refractivity contribution in [2.24, 2.45) is 5.92 Å². The maximum absolute atomic E-state index is 11.2. The zero-order valence-corrected chi connectivity index (χ0v) is 13.8. The molecule has 0 fully saturated rings. The summed E-state index contributed by atoms with van der Waals surface area (Å²) >= 11 is 0. The summed E-state index contributed by atoms with van der Waals surface area (Å²) < 4.78 is 4.72. The summed E-state index contributed by atoms with van der Waals surface area (Å²) in [5.74, 6) is -0.0216. The maximum atomic E-state index is 11.2. The molecule has 0 aliphatic carbocycles. The first kappa shape index (κ1) is 19.2. The molecule has 0 radical (unpaired) electrons. The molecule has 1 unspecified atom stereocenters. The van der Waals surface area contributed by atoms with E-state index in [2.05, 4.69) is 19.1 Å². The molecule has 2 heteroatoms. The zero-order chi connectivity index (χ0) is 15.1. The molecule has 118 valence electrons. The summed E-state index contributed by atoms with van der Waals surface area (Å²) in [6.45, 7) is 4.20. The summed E-state index contributed by atoms with van der Waals surface area (Å²) in [6, 6.07) is 0. The van der Waals surface area contributed by atoms with Crippen molar-refractivity contribution < 1.29 is 9.53 Å². The lowest BCUT2D eigenvalue weighted by atomic mass is 10.0. The van der Waals surface area contributed by atoms with Crippen LogP contribution in [0.15, 0.2) is 12.2 Å². The number of ether oxygens (including phenoxy) is 1. The molecule has 0 saturated carbocycles. The van der Waals surface area contributed by atoms with Crippen LogP contribution in [0, 0.1) is 5.92 Å². The lowest BCUT2D eigenvalue weighted by Crippen LogP contribution is -2.12. The van der Waals surface area contributed by atoms with Gasteiger partial charge in [0.25, 0.3) is 0 Å². The number of rotatable bonds is 13. The molecular formula is C18H34O2. The monoisotopic (exact) mass is 282 g/mol. The van der Waals surface area contributed by atoms with Crippen molar-refractivity contribution in [3.05, 3.63) is 12.2 Å². The van der Waals surface area contributed by atoms with Gasteiger partial charge in [0.2, 0.25) is 0 Å². The number of esters is 1. The van der Waals surface area contributed by atoms with Gasteiger partial charge in [-0.25, -0.2) is 0 Å². The van der Waals surface area contributed by atoms with Gasteiger partial charge in [0.1, 0.15) is 0 Å². The van der Waals surface area contributed by atoms with Crippen molar-refractivity contribution >= 4 is 5.97 Å². The quantitative estimate of drug-likeness (QED) is 0.247. The second-order valence-corrected chi connectivity index (χ2v) is 5.74. The van der Waals surface area contributed by atoms with Crippen LogP contribution in [0.3, 0.4) is 0 Å². The second-order valence-electron chi connectivity index (χ2n) is 5.74. The van der Waals surface area contributed by atoms with Crippen LogP contribution in [0.25, 0.3) is 0 Å². The number of carbonyl (C=O) groups is 1. The van der Waals surface area contributed by atoms with Crippen molar-refractivity contribution in [2.75, 3.05) is 7.11 Å². The summed E-state index contributed by atoms with van der Waals surface area (Å²) in [4.78, 5) is 11.2. The van der Waals surface area contributed by atoms with Crippen LogP contribution < -0.4 is 0 Å². The SMILES string of the molecule is CCCCCCC/C=C\CCCCCC(C)C(=O)OC. The number of hydrogen-bond acceptors (Lipinski definition) is 2. The van der Waals surface area contributed by atoms with E-state index in [1.54, 1.807) is 0 Å². The Kier molecular flexibility index (Phi) is 14.0. The van der Waals surface area contributed by atoms with E-state index in [0.717, 1.165) is 12.8 Å². The fraction of sp³-hybridized carbons (Fsp3) is 0.833. The van der Waals surface area contributed by atoms with Crippen molar-refractivity contribution in [1.29, 1.82) is 0 Å². The highest BCUT2D eigenvalue weighted by atomic mass is 16.5. The highest BCUT2D eigenvalue weighted by Crippen LogP contribution is 2.12. The third-order valence-electron chi connectivity index (χ3n) is 3.75. The molecule has 0 aliphatic heterocycles. The molecule has 2 nitrogen and oxygen atoms in total. The molecule has 0 spiro atoms. The molecule has 0 amide bonds. The summed E-state index contributed by atoms with van der Waals surface area (Å²) in [5, 5.41) is 0. The van der Waals surface area contributed by atoms with Crippen LogP contribution in [0.5, 0.6) is 0 Å². The number of carbonyl (C=O) groups excluding carboxylic acids is 1. The molecule has 0 aromatic carbocycles. The predicted molar refractivity (Wildman–Crippen MR) is 86.8 cm³/mol. The van der Waals surface area contributed by atoms with Gasteiger partial charge in [0.05, 0.1) is 13.0 Å². The highest BCUT2D eigenvalue weighted by molar-refractivity contribution is 5.71. The highest BCUT2D eigenvalue weighted by Gasteiger charge is 2.11. The van der Waals surface area contributed by atoms with Crippen molar-refractivity contribution in [2.45, 2.75) is 84.5 Å². The first-order valence-electron chi connectivity index (χ1n) is 8.45. The minimum atomic E-state index is -0.0760. The van der Waals surface area contributed by atoms with Crippen LogP contribution in [0.2, 0.25) is 0 Å². The number of unbranched alkanes of at least 4 members (excludes halogenated alkanes) is 8. The largest absolute Gasteiger partial charge is 0.469 e. The maximum Gasteiger partial charge on any atom is 0.308 e. The minimum absolute atomic E-state index is 0.0543. The van der Waals surface area contributed by atoms with E-state index in [1.165, 1.54) is 64.9 Å². The van der Waals surface area contributed by atoms with Gasteiger partial charge in [-0.2, -0.15) is 0 Å². The predicted octanol–water partition coefficient (Wildman–Crippen LogP) is 5.66. The zero-order valence-electron chi connectivity index (χ0n) is 13.8. The Labute approximate surface area is 126 Å². The third-order valence-corrected chi connectivity index (χ3v) is 3.75. The molecule has 20 heavy (non-hydrogen) atoms. The third kappa shape index (κ3) is 12.3. The van der Waals surface area contributed by atoms with E-state index in [-0.39, 0.29) is 11.9 Å². The van der Waals surface area contributed by atoms with E-state index in [4.69, 9.17) is 4.74 Å². The van der Waals surface area contributed by atoms with Crippen LogP contribution in [0.4, 0.5) is 0 Å². The summed E-state index contributed by atoms with van der Waals surface area (Å²) in [7, 11) is 1.46. The molecule has 1 atom stereocenters. The molecule has 0 rings (SSSR count). The Morgan fingerprint density at radius 1 is 0.950 bits per heavy atom. The van der Waals surface area contributed by atoms with E-state index >= 15 is 0 Å². The Morgan fingerprint density at radius 2 is 1.50 bits per heavy atom. The van der Waals surface area contributed by atoms with Crippen LogP contribution >= 0.6 is 0 Å². The van der Waals surface area contributed by atoms with E-state index in [9.17, 15) is 4.79 Å². The van der Waals surface area contributed by atoms with Crippen molar-refractivity contribution in [3.63, 3.8) is 0 Å². The van der Waals surface area contributed by atoms with Crippen molar-refractivity contribution in [1.82, 2.24) is 0 Å². The fourth-order valence-electron chi connectivity index (χ4n) is 2.31. The van der Waals surface area contributed by atoms with Crippen molar-refractivity contribution in [3.8, 4) is 0 Å². The van der Waals surface area contributed by atoms with Gasteiger partial charge >= 0.3 is 5.97 Å². The average molecular weight is 282 g/mol. The average Bonchev–Trinajstić information content (AvgIpc) is 2.47. The topological polar surface area (TPSA) is 26.3 Å². The first-order valence-corrected chi connectivity index (χ1v) is 8.45. The molecule has 0 saturated heterocycles. The molecule has 0 heterocycles. The Bertz CT molecular complexity index is 246. The molecule has 0 aromatic rings. The lowest BCUT2D eigenvalue weighted by molar-refractivity contribution is -0.145. The molecule has 0 N–H and O–H groups in total. The first-order chi connectivity index (χ1) is 9.72. The normalized spacial score (nSPS) is 12.8. The Balaban J connectivity index is 3.25. The molecular weight excluding hydrogens is 248 g/mol. The Hall–Kier alpha value is -0.790. The molecule has 0 bridgehead atoms. The van der Waals surface area contributed by atoms with Gasteiger partial charge in [-0.1, -0.05) is 64.5 Å². The van der Waals surface area contributed by atoms with E-state index < -0.39 is 0 Å². The fourth-order valence-corrected chi connectivity index (χ4v) is 2.31.